The van der Waals surface area contributed by atoms with Gasteiger partial charge in [0.25, 0.3) is 0 Å². The van der Waals surface area contributed by atoms with Crippen molar-refractivity contribution >= 4 is 5.91 Å². The summed E-state index contributed by atoms with van der Waals surface area (Å²) in [5.41, 5.74) is 1.20. The third-order valence-corrected chi connectivity index (χ3v) is 6.96. The number of amides is 1. The number of likely N-dealkylation sites (tertiary alicyclic amines) is 1. The van der Waals surface area contributed by atoms with Crippen LogP contribution in [0.4, 0.5) is 0 Å². The molecule has 0 spiro atoms. The summed E-state index contributed by atoms with van der Waals surface area (Å²) in [5, 5.41) is 24.1. The quantitative estimate of drug-likeness (QED) is 0.566. The second kappa shape index (κ2) is 11.3. The van der Waals surface area contributed by atoms with Gasteiger partial charge in [-0.15, -0.1) is 0 Å². The highest BCUT2D eigenvalue weighted by molar-refractivity contribution is 5.79. The topological polar surface area (TPSA) is 72.8 Å². The van der Waals surface area contributed by atoms with Crippen LogP contribution >= 0.6 is 0 Å². The lowest BCUT2D eigenvalue weighted by molar-refractivity contribution is -0.128. The van der Waals surface area contributed by atoms with E-state index in [1.807, 2.05) is 18.2 Å². The normalized spacial score (nSPS) is 28.1. The van der Waals surface area contributed by atoms with E-state index in [1.165, 1.54) is 31.2 Å². The lowest BCUT2D eigenvalue weighted by Crippen LogP contribution is -2.50. The van der Waals surface area contributed by atoms with Crippen LogP contribution in [0.5, 0.6) is 0 Å². The van der Waals surface area contributed by atoms with Gasteiger partial charge in [0.15, 0.2) is 0 Å². The van der Waals surface area contributed by atoms with Crippen molar-refractivity contribution in [2.75, 3.05) is 0 Å². The van der Waals surface area contributed by atoms with Crippen LogP contribution in [0, 0.1) is 5.92 Å². The Kier molecular flexibility index (Phi) is 8.72. The molecule has 1 aliphatic heterocycles. The SMILES string of the molecule is CC(O)CC(CCc1ccccc1)C(=O)NC1CC(C)N(C2CCCCCC2)C1O. The minimum absolute atomic E-state index is 0.0363. The van der Waals surface area contributed by atoms with Crippen LogP contribution in [-0.2, 0) is 11.2 Å². The van der Waals surface area contributed by atoms with E-state index in [9.17, 15) is 15.0 Å². The van der Waals surface area contributed by atoms with Crippen molar-refractivity contribution in [1.82, 2.24) is 10.2 Å². The predicted molar refractivity (Wildman–Crippen MR) is 120 cm³/mol. The average Bonchev–Trinajstić information content (AvgIpc) is 2.90. The van der Waals surface area contributed by atoms with Gasteiger partial charge in [0.2, 0.25) is 5.91 Å². The Morgan fingerprint density at radius 1 is 1.17 bits per heavy atom. The first kappa shape index (κ1) is 23.2. The summed E-state index contributed by atoms with van der Waals surface area (Å²) >= 11 is 0. The molecule has 1 saturated heterocycles. The highest BCUT2D eigenvalue weighted by Gasteiger charge is 2.42. The van der Waals surface area contributed by atoms with E-state index in [1.54, 1.807) is 6.92 Å². The summed E-state index contributed by atoms with van der Waals surface area (Å²) in [6.07, 6.45) is 8.92. The van der Waals surface area contributed by atoms with Crippen molar-refractivity contribution in [3.63, 3.8) is 0 Å². The van der Waals surface area contributed by atoms with Crippen molar-refractivity contribution in [3.05, 3.63) is 35.9 Å². The highest BCUT2D eigenvalue weighted by atomic mass is 16.3. The molecular formula is C25H40N2O3. The molecule has 2 aliphatic rings. The van der Waals surface area contributed by atoms with E-state index in [0.29, 0.717) is 18.9 Å². The lowest BCUT2D eigenvalue weighted by Gasteiger charge is -2.34. The number of nitrogens with one attached hydrogen (secondary N) is 1. The molecule has 5 unspecified atom stereocenters. The summed E-state index contributed by atoms with van der Waals surface area (Å²) in [4.78, 5) is 15.3. The molecule has 0 bridgehead atoms. The summed E-state index contributed by atoms with van der Waals surface area (Å²) in [7, 11) is 0. The maximum atomic E-state index is 13.1. The largest absolute Gasteiger partial charge is 0.393 e. The van der Waals surface area contributed by atoms with Gasteiger partial charge >= 0.3 is 0 Å². The van der Waals surface area contributed by atoms with Crippen LogP contribution in [0.25, 0.3) is 0 Å². The number of aliphatic hydroxyl groups is 2. The molecular weight excluding hydrogens is 376 g/mol. The standard InChI is InChI=1S/C25H40N2O3/c1-18-16-23(25(30)27(18)22-12-8-3-4-9-13-22)26-24(29)21(17-19(2)28)15-14-20-10-6-5-7-11-20/h5-7,10-11,18-19,21-23,25,28,30H,3-4,8-9,12-17H2,1-2H3,(H,26,29). The highest BCUT2D eigenvalue weighted by Crippen LogP contribution is 2.32. The Labute approximate surface area is 181 Å². The second-order valence-electron chi connectivity index (χ2n) is 9.51. The molecule has 5 nitrogen and oxygen atoms in total. The lowest BCUT2D eigenvalue weighted by atomic mass is 9.93. The van der Waals surface area contributed by atoms with Gasteiger partial charge in [0, 0.05) is 18.0 Å². The molecule has 5 heteroatoms. The number of benzene rings is 1. The van der Waals surface area contributed by atoms with Crippen molar-refractivity contribution in [2.24, 2.45) is 5.92 Å². The van der Waals surface area contributed by atoms with Crippen molar-refractivity contribution in [2.45, 2.75) is 109 Å². The minimum atomic E-state index is -0.617. The molecule has 1 heterocycles. The Morgan fingerprint density at radius 2 is 1.83 bits per heavy atom. The van der Waals surface area contributed by atoms with Crippen LogP contribution in [0.15, 0.2) is 30.3 Å². The molecule has 1 aromatic carbocycles. The van der Waals surface area contributed by atoms with Gasteiger partial charge in [-0.2, -0.15) is 0 Å². The molecule has 3 rings (SSSR count). The van der Waals surface area contributed by atoms with Crippen LogP contribution < -0.4 is 5.32 Å². The van der Waals surface area contributed by atoms with Gasteiger partial charge in [-0.1, -0.05) is 56.0 Å². The van der Waals surface area contributed by atoms with Gasteiger partial charge in [-0.25, -0.2) is 0 Å². The zero-order valence-electron chi connectivity index (χ0n) is 18.7. The predicted octanol–water partition coefficient (Wildman–Crippen LogP) is 3.63. The molecule has 168 valence electrons. The van der Waals surface area contributed by atoms with Crippen molar-refractivity contribution < 1.29 is 15.0 Å². The van der Waals surface area contributed by atoms with E-state index < -0.39 is 12.3 Å². The minimum Gasteiger partial charge on any atom is -0.393 e. The van der Waals surface area contributed by atoms with E-state index in [2.05, 4.69) is 29.3 Å². The summed E-state index contributed by atoms with van der Waals surface area (Å²) < 4.78 is 0. The summed E-state index contributed by atoms with van der Waals surface area (Å²) in [6, 6.07) is 10.6. The van der Waals surface area contributed by atoms with E-state index >= 15 is 0 Å². The fourth-order valence-corrected chi connectivity index (χ4v) is 5.40. The smallest absolute Gasteiger partial charge is 0.223 e. The number of nitrogens with zero attached hydrogens (tertiary/aromatic N) is 1. The molecule has 1 aliphatic carbocycles. The number of aryl methyl sites for hydroxylation is 1. The molecule has 0 radical (unpaired) electrons. The molecule has 1 aromatic rings. The zero-order chi connectivity index (χ0) is 21.5. The second-order valence-corrected chi connectivity index (χ2v) is 9.51. The Morgan fingerprint density at radius 3 is 2.47 bits per heavy atom. The van der Waals surface area contributed by atoms with Gasteiger partial charge in [0.1, 0.15) is 6.23 Å². The first-order chi connectivity index (χ1) is 14.5. The van der Waals surface area contributed by atoms with Crippen LogP contribution in [0.2, 0.25) is 0 Å². The Hall–Kier alpha value is -1.43. The van der Waals surface area contributed by atoms with Gasteiger partial charge in [-0.3, -0.25) is 9.69 Å². The Bertz CT molecular complexity index is 643. The fraction of sp³-hybridized carbons (Fsp3) is 0.720. The first-order valence-corrected chi connectivity index (χ1v) is 11.9. The molecule has 2 fully saturated rings. The van der Waals surface area contributed by atoms with Crippen LogP contribution in [-0.4, -0.2) is 51.5 Å². The zero-order valence-corrected chi connectivity index (χ0v) is 18.7. The van der Waals surface area contributed by atoms with Crippen molar-refractivity contribution in [3.8, 4) is 0 Å². The van der Waals surface area contributed by atoms with Crippen LogP contribution in [0.3, 0.4) is 0 Å². The first-order valence-electron chi connectivity index (χ1n) is 11.9. The van der Waals surface area contributed by atoms with Gasteiger partial charge in [-0.05, 0) is 57.9 Å². The van der Waals surface area contributed by atoms with E-state index in [-0.39, 0.29) is 23.9 Å². The third kappa shape index (κ3) is 6.29. The molecule has 1 amide bonds. The molecule has 1 saturated carbocycles. The van der Waals surface area contributed by atoms with Crippen molar-refractivity contribution in [1.29, 1.82) is 0 Å². The van der Waals surface area contributed by atoms with E-state index in [0.717, 1.165) is 25.7 Å². The maximum absolute atomic E-state index is 13.1. The molecule has 0 aromatic heterocycles. The molecule has 5 atom stereocenters. The summed E-state index contributed by atoms with van der Waals surface area (Å²) in [6.45, 7) is 3.91. The maximum Gasteiger partial charge on any atom is 0.223 e. The monoisotopic (exact) mass is 416 g/mol. The number of aliphatic hydroxyl groups excluding tert-OH is 2. The third-order valence-electron chi connectivity index (χ3n) is 6.96. The average molecular weight is 417 g/mol. The fourth-order valence-electron chi connectivity index (χ4n) is 5.40. The van der Waals surface area contributed by atoms with Gasteiger partial charge < -0.3 is 15.5 Å². The summed E-state index contributed by atoms with van der Waals surface area (Å²) in [5.74, 6) is -0.287. The number of hydrogen-bond acceptors (Lipinski definition) is 4. The molecule has 3 N–H and O–H groups in total. The van der Waals surface area contributed by atoms with Gasteiger partial charge in [0.05, 0.1) is 12.1 Å². The van der Waals surface area contributed by atoms with Crippen LogP contribution in [0.1, 0.15) is 77.2 Å². The Balaban J connectivity index is 1.59. The number of carbonyl (C=O) groups is 1. The number of hydrogen-bond donors (Lipinski definition) is 3. The number of carbonyl (C=O) groups excluding carboxylic acids is 1. The molecule has 30 heavy (non-hydrogen) atoms. The van der Waals surface area contributed by atoms with E-state index in [4.69, 9.17) is 0 Å². The number of rotatable bonds is 8.